The third-order valence-corrected chi connectivity index (χ3v) is 5.21. The van der Waals surface area contributed by atoms with Gasteiger partial charge in [0.1, 0.15) is 0 Å². The lowest BCUT2D eigenvalue weighted by molar-refractivity contribution is 0.573. The quantitative estimate of drug-likeness (QED) is 0.905. The second-order valence-electron chi connectivity index (χ2n) is 5.74. The molecule has 1 aromatic heterocycles. The molecule has 0 aliphatic rings. The number of rotatable bonds is 4. The van der Waals surface area contributed by atoms with Crippen LogP contribution in [0.1, 0.15) is 32.0 Å². The number of nitrogens with one attached hydrogen (secondary N) is 1. The fraction of sp³-hybridized carbons (Fsp3) is 0.357. The normalized spacial score (nSPS) is 12.4. The molecule has 0 unspecified atom stereocenters. The third-order valence-electron chi connectivity index (χ3n) is 2.96. The minimum atomic E-state index is -3.61. The van der Waals surface area contributed by atoms with E-state index in [1.54, 1.807) is 24.3 Å². The van der Waals surface area contributed by atoms with Crippen molar-refractivity contribution in [2.24, 2.45) is 5.73 Å². The number of benzene rings is 1. The van der Waals surface area contributed by atoms with Gasteiger partial charge in [-0.1, -0.05) is 32.9 Å². The monoisotopic (exact) mass is 325 g/mol. The van der Waals surface area contributed by atoms with Gasteiger partial charge in [0.2, 0.25) is 0 Å². The van der Waals surface area contributed by atoms with Crippen LogP contribution in [0, 0.1) is 0 Å². The zero-order valence-corrected chi connectivity index (χ0v) is 13.9. The van der Waals surface area contributed by atoms with Crippen LogP contribution in [-0.2, 0) is 22.0 Å². The number of aromatic nitrogens is 1. The Kier molecular flexibility index (Phi) is 4.36. The number of hydrogen-bond donors (Lipinski definition) is 2. The lowest BCUT2D eigenvalue weighted by atomic mass is 9.93. The maximum atomic E-state index is 12.3. The SMILES string of the molecule is CC(C)(C)c1csc(NS(=O)(=O)c2ccc(CN)cc2)n1. The van der Waals surface area contributed by atoms with Crippen molar-refractivity contribution in [1.29, 1.82) is 0 Å². The Hall–Kier alpha value is -1.44. The highest BCUT2D eigenvalue weighted by molar-refractivity contribution is 7.93. The summed E-state index contributed by atoms with van der Waals surface area (Å²) in [6, 6.07) is 6.50. The van der Waals surface area contributed by atoms with Gasteiger partial charge < -0.3 is 5.73 Å². The molecule has 0 aliphatic heterocycles. The van der Waals surface area contributed by atoms with Gasteiger partial charge in [-0.2, -0.15) is 0 Å². The fourth-order valence-corrected chi connectivity index (χ4v) is 3.83. The van der Waals surface area contributed by atoms with E-state index in [0.29, 0.717) is 11.7 Å². The Morgan fingerprint density at radius 3 is 2.33 bits per heavy atom. The summed E-state index contributed by atoms with van der Waals surface area (Å²) in [5, 5.41) is 2.25. The molecule has 0 radical (unpaired) electrons. The summed E-state index contributed by atoms with van der Waals surface area (Å²) in [6.45, 7) is 6.48. The number of sulfonamides is 1. The fourth-order valence-electron chi connectivity index (χ4n) is 1.64. The molecular formula is C14H19N3O2S2. The van der Waals surface area contributed by atoms with E-state index in [9.17, 15) is 8.42 Å². The van der Waals surface area contributed by atoms with Crippen LogP contribution in [0.15, 0.2) is 34.5 Å². The van der Waals surface area contributed by atoms with Crippen LogP contribution in [0.4, 0.5) is 5.13 Å². The Morgan fingerprint density at radius 2 is 1.86 bits per heavy atom. The maximum absolute atomic E-state index is 12.3. The third kappa shape index (κ3) is 3.81. The van der Waals surface area contributed by atoms with Crippen LogP contribution < -0.4 is 10.5 Å². The molecule has 2 rings (SSSR count). The predicted octanol–water partition coefficient (Wildman–Crippen LogP) is 2.70. The van der Waals surface area contributed by atoms with E-state index in [-0.39, 0.29) is 10.3 Å². The van der Waals surface area contributed by atoms with Crippen molar-refractivity contribution in [3.8, 4) is 0 Å². The van der Waals surface area contributed by atoms with Crippen LogP contribution in [0.25, 0.3) is 0 Å². The highest BCUT2D eigenvalue weighted by Crippen LogP contribution is 2.27. The van der Waals surface area contributed by atoms with Crippen molar-refractivity contribution in [2.45, 2.75) is 37.6 Å². The van der Waals surface area contributed by atoms with Gasteiger partial charge in [0.05, 0.1) is 10.6 Å². The molecule has 0 saturated carbocycles. The van der Waals surface area contributed by atoms with Crippen LogP contribution in [0.2, 0.25) is 0 Å². The highest BCUT2D eigenvalue weighted by Gasteiger charge is 2.20. The molecule has 2 aromatic rings. The number of hydrogen-bond acceptors (Lipinski definition) is 5. The lowest BCUT2D eigenvalue weighted by Crippen LogP contribution is -2.15. The zero-order valence-electron chi connectivity index (χ0n) is 12.3. The van der Waals surface area contributed by atoms with E-state index >= 15 is 0 Å². The van der Waals surface area contributed by atoms with Crippen molar-refractivity contribution >= 4 is 26.5 Å². The molecule has 0 bridgehead atoms. The maximum Gasteiger partial charge on any atom is 0.263 e. The van der Waals surface area contributed by atoms with Gasteiger partial charge in [-0.25, -0.2) is 13.4 Å². The lowest BCUT2D eigenvalue weighted by Gasteiger charge is -2.14. The van der Waals surface area contributed by atoms with Crippen LogP contribution in [0.3, 0.4) is 0 Å². The van der Waals surface area contributed by atoms with E-state index in [1.807, 2.05) is 26.2 Å². The largest absolute Gasteiger partial charge is 0.326 e. The van der Waals surface area contributed by atoms with E-state index in [4.69, 9.17) is 5.73 Å². The minimum Gasteiger partial charge on any atom is -0.326 e. The molecule has 3 N–H and O–H groups in total. The molecule has 0 spiro atoms. The highest BCUT2D eigenvalue weighted by atomic mass is 32.2. The van der Waals surface area contributed by atoms with Crippen LogP contribution in [-0.4, -0.2) is 13.4 Å². The summed E-state index contributed by atoms with van der Waals surface area (Å²) >= 11 is 1.28. The molecule has 0 saturated heterocycles. The number of anilines is 1. The second-order valence-corrected chi connectivity index (χ2v) is 8.28. The van der Waals surface area contributed by atoms with Gasteiger partial charge in [0, 0.05) is 17.3 Å². The summed E-state index contributed by atoms with van der Waals surface area (Å²) < 4.78 is 27.1. The predicted molar refractivity (Wildman–Crippen MR) is 86.0 cm³/mol. The van der Waals surface area contributed by atoms with Gasteiger partial charge in [0.15, 0.2) is 5.13 Å². The molecule has 0 amide bonds. The standard InChI is InChI=1S/C14H19N3O2S2/c1-14(2,3)12-9-20-13(16-12)17-21(18,19)11-6-4-10(8-15)5-7-11/h4-7,9H,8,15H2,1-3H3,(H,16,17). The average Bonchev–Trinajstić information content (AvgIpc) is 2.86. The Morgan fingerprint density at radius 1 is 1.24 bits per heavy atom. The van der Waals surface area contributed by atoms with Gasteiger partial charge in [-0.05, 0) is 17.7 Å². The zero-order chi connectivity index (χ0) is 15.7. The van der Waals surface area contributed by atoms with Crippen molar-refractivity contribution in [3.63, 3.8) is 0 Å². The van der Waals surface area contributed by atoms with Crippen molar-refractivity contribution < 1.29 is 8.42 Å². The second kappa shape index (κ2) is 5.75. The molecule has 7 heteroatoms. The van der Waals surface area contributed by atoms with Gasteiger partial charge in [0.25, 0.3) is 10.0 Å². The summed E-state index contributed by atoms with van der Waals surface area (Å²) in [4.78, 5) is 4.54. The van der Waals surface area contributed by atoms with Crippen molar-refractivity contribution in [3.05, 3.63) is 40.9 Å². The molecular weight excluding hydrogens is 306 g/mol. The molecule has 1 heterocycles. The number of thiazole rings is 1. The molecule has 1 aromatic carbocycles. The Balaban J connectivity index is 2.22. The van der Waals surface area contributed by atoms with Gasteiger partial charge in [-0.3, -0.25) is 4.72 Å². The first-order valence-electron chi connectivity index (χ1n) is 6.50. The smallest absolute Gasteiger partial charge is 0.263 e. The molecule has 114 valence electrons. The molecule has 0 atom stereocenters. The van der Waals surface area contributed by atoms with Crippen LogP contribution >= 0.6 is 11.3 Å². The van der Waals surface area contributed by atoms with Crippen LogP contribution in [0.5, 0.6) is 0 Å². The summed E-state index contributed by atoms with van der Waals surface area (Å²) in [5.41, 5.74) is 7.15. The Bertz CT molecular complexity index is 713. The molecule has 21 heavy (non-hydrogen) atoms. The topological polar surface area (TPSA) is 85.1 Å². The summed E-state index contributed by atoms with van der Waals surface area (Å²) in [5.74, 6) is 0. The van der Waals surface area contributed by atoms with Crippen molar-refractivity contribution in [2.75, 3.05) is 4.72 Å². The van der Waals surface area contributed by atoms with E-state index in [1.165, 1.54) is 11.3 Å². The van der Waals surface area contributed by atoms with Gasteiger partial charge >= 0.3 is 0 Å². The van der Waals surface area contributed by atoms with E-state index in [0.717, 1.165) is 11.3 Å². The minimum absolute atomic E-state index is 0.108. The first kappa shape index (κ1) is 15.9. The van der Waals surface area contributed by atoms with E-state index < -0.39 is 10.0 Å². The molecule has 5 nitrogen and oxygen atoms in total. The Labute approximate surface area is 129 Å². The first-order chi connectivity index (χ1) is 9.72. The van der Waals surface area contributed by atoms with Crippen molar-refractivity contribution in [1.82, 2.24) is 4.98 Å². The average molecular weight is 325 g/mol. The van der Waals surface area contributed by atoms with E-state index in [2.05, 4.69) is 9.71 Å². The van der Waals surface area contributed by atoms with Gasteiger partial charge in [-0.15, -0.1) is 11.3 Å². The first-order valence-corrected chi connectivity index (χ1v) is 8.86. The molecule has 0 aliphatic carbocycles. The summed E-state index contributed by atoms with van der Waals surface area (Å²) in [6.07, 6.45) is 0. The number of nitrogens with two attached hydrogens (primary N) is 1. The number of nitrogens with zero attached hydrogens (tertiary/aromatic N) is 1. The molecule has 0 fully saturated rings. The summed E-state index contributed by atoms with van der Waals surface area (Å²) in [7, 11) is -3.61.